The third-order valence-corrected chi connectivity index (χ3v) is 4.32. The third kappa shape index (κ3) is 3.40. The monoisotopic (exact) mass is 356 g/mol. The summed E-state index contributed by atoms with van der Waals surface area (Å²) in [4.78, 5) is 18.2. The SMILES string of the molecule is N#C/C(=C\c1cc([N+](=O)[O-])ccc1Cl)Sc1nc2ccccc2[nH]1. The van der Waals surface area contributed by atoms with Crippen LogP contribution < -0.4 is 0 Å². The van der Waals surface area contributed by atoms with E-state index in [4.69, 9.17) is 11.6 Å². The Kier molecular flexibility index (Phi) is 4.51. The van der Waals surface area contributed by atoms with Gasteiger partial charge in [0.15, 0.2) is 5.16 Å². The van der Waals surface area contributed by atoms with Crippen LogP contribution in [0.4, 0.5) is 5.69 Å². The molecule has 3 aromatic rings. The Morgan fingerprint density at radius 2 is 2.17 bits per heavy atom. The van der Waals surface area contributed by atoms with Gasteiger partial charge in [0.05, 0.1) is 20.9 Å². The van der Waals surface area contributed by atoms with Crippen LogP contribution in [0.15, 0.2) is 52.5 Å². The van der Waals surface area contributed by atoms with Crippen molar-refractivity contribution in [1.82, 2.24) is 9.97 Å². The molecule has 1 N–H and O–H groups in total. The van der Waals surface area contributed by atoms with E-state index in [0.29, 0.717) is 20.6 Å². The van der Waals surface area contributed by atoms with Crippen LogP contribution in [0.2, 0.25) is 5.02 Å². The maximum Gasteiger partial charge on any atom is 0.270 e. The maximum absolute atomic E-state index is 10.9. The number of para-hydroxylation sites is 2. The first-order valence-corrected chi connectivity index (χ1v) is 7.94. The summed E-state index contributed by atoms with van der Waals surface area (Å²) in [6.07, 6.45) is 1.51. The molecule has 24 heavy (non-hydrogen) atoms. The molecule has 0 fully saturated rings. The van der Waals surface area contributed by atoms with E-state index in [1.807, 2.05) is 24.3 Å². The van der Waals surface area contributed by atoms with Crippen molar-refractivity contribution >= 4 is 46.2 Å². The van der Waals surface area contributed by atoms with Crippen LogP contribution in [0.5, 0.6) is 0 Å². The largest absolute Gasteiger partial charge is 0.333 e. The zero-order valence-electron chi connectivity index (χ0n) is 12.1. The highest BCUT2D eigenvalue weighted by Crippen LogP contribution is 2.30. The summed E-state index contributed by atoms with van der Waals surface area (Å²) in [7, 11) is 0. The number of non-ortho nitro benzene ring substituents is 1. The predicted molar refractivity (Wildman–Crippen MR) is 93.6 cm³/mol. The summed E-state index contributed by atoms with van der Waals surface area (Å²) >= 11 is 7.20. The fraction of sp³-hybridized carbons (Fsp3) is 0. The summed E-state index contributed by atoms with van der Waals surface area (Å²) in [6, 6.07) is 13.7. The summed E-state index contributed by atoms with van der Waals surface area (Å²) in [5.41, 5.74) is 1.99. The molecule has 0 amide bonds. The molecule has 0 spiro atoms. The normalized spacial score (nSPS) is 11.4. The van der Waals surface area contributed by atoms with Crippen LogP contribution in [0.1, 0.15) is 5.56 Å². The fourth-order valence-corrected chi connectivity index (χ4v) is 2.98. The zero-order valence-corrected chi connectivity index (χ0v) is 13.6. The lowest BCUT2D eigenvalue weighted by atomic mass is 10.2. The summed E-state index contributed by atoms with van der Waals surface area (Å²) < 4.78 is 0. The summed E-state index contributed by atoms with van der Waals surface area (Å²) in [6.45, 7) is 0. The van der Waals surface area contributed by atoms with E-state index in [1.54, 1.807) is 0 Å². The first-order chi connectivity index (χ1) is 11.6. The van der Waals surface area contributed by atoms with Crippen LogP contribution in [0, 0.1) is 21.4 Å². The minimum atomic E-state index is -0.508. The average molecular weight is 357 g/mol. The lowest BCUT2D eigenvalue weighted by Gasteiger charge is -2.00. The van der Waals surface area contributed by atoms with Crippen molar-refractivity contribution in [2.45, 2.75) is 5.16 Å². The number of aromatic amines is 1. The zero-order chi connectivity index (χ0) is 17.1. The topological polar surface area (TPSA) is 95.6 Å². The predicted octanol–water partition coefficient (Wildman–Crippen LogP) is 4.78. The number of thioether (sulfide) groups is 1. The molecule has 0 atom stereocenters. The highest BCUT2D eigenvalue weighted by molar-refractivity contribution is 8.03. The second kappa shape index (κ2) is 6.74. The second-order valence-electron chi connectivity index (χ2n) is 4.74. The van der Waals surface area contributed by atoms with Gasteiger partial charge >= 0.3 is 0 Å². The molecule has 1 aromatic heterocycles. The smallest absolute Gasteiger partial charge is 0.270 e. The average Bonchev–Trinajstić information content (AvgIpc) is 2.98. The van der Waals surface area contributed by atoms with Gasteiger partial charge in [0.1, 0.15) is 6.07 Å². The van der Waals surface area contributed by atoms with E-state index in [2.05, 4.69) is 16.0 Å². The van der Waals surface area contributed by atoms with Crippen LogP contribution in [0.3, 0.4) is 0 Å². The lowest BCUT2D eigenvalue weighted by molar-refractivity contribution is -0.384. The first kappa shape index (κ1) is 16.1. The van der Waals surface area contributed by atoms with Gasteiger partial charge in [-0.05, 0) is 36.0 Å². The molecule has 8 heteroatoms. The Morgan fingerprint density at radius 1 is 1.38 bits per heavy atom. The van der Waals surface area contributed by atoms with Crippen LogP contribution >= 0.6 is 23.4 Å². The number of nitrogens with one attached hydrogen (secondary N) is 1. The van der Waals surface area contributed by atoms with E-state index in [-0.39, 0.29) is 5.69 Å². The third-order valence-electron chi connectivity index (χ3n) is 3.16. The molecule has 2 aromatic carbocycles. The second-order valence-corrected chi connectivity index (χ2v) is 6.18. The molecule has 1 heterocycles. The highest BCUT2D eigenvalue weighted by Gasteiger charge is 2.11. The van der Waals surface area contributed by atoms with Gasteiger partial charge in [-0.25, -0.2) is 4.98 Å². The van der Waals surface area contributed by atoms with E-state index in [0.717, 1.165) is 22.8 Å². The molecule has 3 rings (SSSR count). The van der Waals surface area contributed by atoms with Gasteiger partial charge in [-0.1, -0.05) is 23.7 Å². The van der Waals surface area contributed by atoms with Crippen LogP contribution in [-0.4, -0.2) is 14.9 Å². The number of hydrogen-bond donors (Lipinski definition) is 1. The number of nitrogens with zero attached hydrogens (tertiary/aromatic N) is 3. The van der Waals surface area contributed by atoms with Crippen molar-refractivity contribution in [3.05, 3.63) is 68.1 Å². The summed E-state index contributed by atoms with van der Waals surface area (Å²) in [5, 5.41) is 21.1. The minimum absolute atomic E-state index is 0.0864. The van der Waals surface area contributed by atoms with Gasteiger partial charge in [0.25, 0.3) is 5.69 Å². The number of nitro groups is 1. The van der Waals surface area contributed by atoms with Crippen LogP contribution in [0.25, 0.3) is 17.1 Å². The van der Waals surface area contributed by atoms with Crippen molar-refractivity contribution in [2.24, 2.45) is 0 Å². The number of nitriles is 1. The van der Waals surface area contributed by atoms with Crippen molar-refractivity contribution in [1.29, 1.82) is 5.26 Å². The minimum Gasteiger partial charge on any atom is -0.333 e. The van der Waals surface area contributed by atoms with Gasteiger partial charge in [0, 0.05) is 22.7 Å². The molecule has 0 unspecified atom stereocenters. The van der Waals surface area contributed by atoms with Gasteiger partial charge in [-0.15, -0.1) is 0 Å². The number of H-pyrrole nitrogens is 1. The van der Waals surface area contributed by atoms with Crippen molar-refractivity contribution in [3.63, 3.8) is 0 Å². The quantitative estimate of drug-likeness (QED) is 0.314. The van der Waals surface area contributed by atoms with Crippen molar-refractivity contribution in [2.75, 3.05) is 0 Å². The number of fused-ring (bicyclic) bond motifs is 1. The van der Waals surface area contributed by atoms with Gasteiger partial charge in [0.2, 0.25) is 0 Å². The Morgan fingerprint density at radius 3 is 2.88 bits per heavy atom. The molecular formula is C16H9ClN4O2S. The Hall–Kier alpha value is -2.82. The molecule has 0 aliphatic carbocycles. The molecule has 0 bridgehead atoms. The maximum atomic E-state index is 10.9. The molecular weight excluding hydrogens is 348 g/mol. The molecule has 0 aliphatic rings. The van der Waals surface area contributed by atoms with Gasteiger partial charge in [-0.3, -0.25) is 10.1 Å². The molecule has 118 valence electrons. The number of nitro benzene ring substituents is 1. The van der Waals surface area contributed by atoms with Crippen molar-refractivity contribution < 1.29 is 4.92 Å². The number of allylic oxidation sites excluding steroid dienone is 1. The van der Waals surface area contributed by atoms with Gasteiger partial charge in [-0.2, -0.15) is 5.26 Å². The van der Waals surface area contributed by atoms with Crippen molar-refractivity contribution in [3.8, 4) is 6.07 Å². The molecule has 6 nitrogen and oxygen atoms in total. The number of hydrogen-bond acceptors (Lipinski definition) is 5. The fourth-order valence-electron chi connectivity index (χ4n) is 2.06. The Bertz CT molecular complexity index is 974. The first-order valence-electron chi connectivity index (χ1n) is 6.75. The number of benzene rings is 2. The number of rotatable bonds is 4. The molecule has 0 saturated heterocycles. The van der Waals surface area contributed by atoms with E-state index in [1.165, 1.54) is 24.3 Å². The van der Waals surface area contributed by atoms with Crippen LogP contribution in [-0.2, 0) is 0 Å². The number of halogens is 1. The Balaban J connectivity index is 1.94. The molecule has 0 saturated carbocycles. The number of aromatic nitrogens is 2. The molecule has 0 aliphatic heterocycles. The van der Waals surface area contributed by atoms with E-state index in [9.17, 15) is 15.4 Å². The lowest BCUT2D eigenvalue weighted by Crippen LogP contribution is -1.89. The molecule has 0 radical (unpaired) electrons. The van der Waals surface area contributed by atoms with E-state index >= 15 is 0 Å². The standard InChI is InChI=1S/C16H9ClN4O2S/c17-13-6-5-11(21(22)23)7-10(13)8-12(9-18)24-16-19-14-3-1-2-4-15(14)20-16/h1-8H,(H,19,20)/b12-8+. The van der Waals surface area contributed by atoms with Gasteiger partial charge < -0.3 is 4.98 Å². The summed E-state index contributed by atoms with van der Waals surface area (Å²) in [5.74, 6) is 0. The Labute approximate surface area is 145 Å². The number of imidazole rings is 1. The highest BCUT2D eigenvalue weighted by atomic mass is 35.5. The van der Waals surface area contributed by atoms with E-state index < -0.39 is 4.92 Å².